The van der Waals surface area contributed by atoms with Gasteiger partial charge in [0.25, 0.3) is 0 Å². The lowest BCUT2D eigenvalue weighted by atomic mass is 10.0. The van der Waals surface area contributed by atoms with Gasteiger partial charge in [0.05, 0.1) is 6.42 Å². The summed E-state index contributed by atoms with van der Waals surface area (Å²) in [6.45, 7) is 1.65. The molecular weight excluding hydrogens is 116 g/mol. The second-order valence-corrected chi connectivity index (χ2v) is 2.58. The van der Waals surface area contributed by atoms with Crippen LogP contribution in [0.3, 0.4) is 0 Å². The lowest BCUT2D eigenvalue weighted by Gasteiger charge is -1.88. The lowest BCUT2D eigenvalue weighted by molar-refractivity contribution is 0.605. The van der Waals surface area contributed by atoms with Crippen molar-refractivity contribution < 1.29 is 9.59 Å². The van der Waals surface area contributed by atoms with Gasteiger partial charge in [0.15, 0.2) is 5.92 Å². The van der Waals surface area contributed by atoms with E-state index in [0.29, 0.717) is 11.6 Å². The smallest absolute Gasteiger partial charge is 0.283 e. The summed E-state index contributed by atoms with van der Waals surface area (Å²) in [6.07, 6.45) is 2.69. The highest BCUT2D eigenvalue weighted by atomic mass is 16.1. The van der Waals surface area contributed by atoms with E-state index in [0.717, 1.165) is 19.3 Å². The Morgan fingerprint density at radius 1 is 1.67 bits per heavy atom. The summed E-state index contributed by atoms with van der Waals surface area (Å²) in [6, 6.07) is 0. The quantitative estimate of drug-likeness (QED) is 0.372. The van der Waals surface area contributed by atoms with Gasteiger partial charge in [0.2, 0.25) is 0 Å². The zero-order valence-corrected chi connectivity index (χ0v) is 5.59. The number of hydrogen-bond acceptors (Lipinski definition) is 0. The molecule has 0 aromatic carbocycles. The molecule has 1 fully saturated rings. The van der Waals surface area contributed by atoms with Gasteiger partial charge in [-0.25, -0.2) is 0 Å². The molecular formula is C7H12O2+2. The first-order valence-corrected chi connectivity index (χ1v) is 3.29. The molecule has 0 aliphatic heterocycles. The molecule has 1 rings (SSSR count). The number of ketones is 2. The predicted octanol–water partition coefficient (Wildman–Crippen LogP) is 0.896. The van der Waals surface area contributed by atoms with E-state index >= 15 is 0 Å². The number of carbonyl (C=O) groups excluding carboxylic acids is 2. The highest BCUT2D eigenvalue weighted by Crippen LogP contribution is 2.21. The Labute approximate surface area is 54.2 Å². The molecule has 1 aliphatic rings. The van der Waals surface area contributed by atoms with Crippen LogP contribution in [0.15, 0.2) is 0 Å². The largest absolute Gasteiger partial charge is 0.309 e. The zero-order valence-electron chi connectivity index (χ0n) is 5.59. The van der Waals surface area contributed by atoms with Gasteiger partial charge in [-0.15, -0.1) is 0 Å². The van der Waals surface area contributed by atoms with E-state index in [-0.39, 0.29) is 5.92 Å². The second-order valence-electron chi connectivity index (χ2n) is 2.58. The van der Waals surface area contributed by atoms with Crippen molar-refractivity contribution in [2.45, 2.75) is 26.2 Å². The summed E-state index contributed by atoms with van der Waals surface area (Å²) < 4.78 is 0. The van der Waals surface area contributed by atoms with Crippen molar-refractivity contribution in [1.82, 2.24) is 0 Å². The van der Waals surface area contributed by atoms with E-state index in [4.69, 9.17) is 9.59 Å². The Hall–Kier alpha value is -0.660. The van der Waals surface area contributed by atoms with E-state index in [1.165, 1.54) is 0 Å². The van der Waals surface area contributed by atoms with Gasteiger partial charge >= 0.3 is 11.6 Å². The summed E-state index contributed by atoms with van der Waals surface area (Å²) in [4.78, 5) is 18.1. The fourth-order valence-electron chi connectivity index (χ4n) is 1.28. The van der Waals surface area contributed by atoms with Crippen LogP contribution in [0.25, 0.3) is 0 Å². The molecule has 0 aromatic rings. The number of hydrogen-bond donors (Lipinski definition) is 0. The van der Waals surface area contributed by atoms with Crippen molar-refractivity contribution in [3.8, 4) is 0 Å². The fourth-order valence-corrected chi connectivity index (χ4v) is 1.28. The van der Waals surface area contributed by atoms with Gasteiger partial charge < -0.3 is 0 Å². The van der Waals surface area contributed by atoms with E-state index in [1.54, 1.807) is 6.92 Å². The molecule has 50 valence electrons. The first-order valence-electron chi connectivity index (χ1n) is 3.29. The monoisotopic (exact) mass is 128 g/mol. The molecule has 2 N–H and O–H groups in total. The molecule has 9 heavy (non-hydrogen) atoms. The molecule has 0 bridgehead atoms. The topological polar surface area (TPSA) is 42.8 Å². The van der Waals surface area contributed by atoms with Crippen molar-refractivity contribution in [1.29, 1.82) is 0 Å². The fraction of sp³-hybridized carbons (Fsp3) is 0.714. The minimum absolute atomic E-state index is 0.0231. The minimum Gasteiger partial charge on any atom is -0.283 e. The molecule has 0 amide bonds. The third kappa shape index (κ3) is 1.18. The summed E-state index contributed by atoms with van der Waals surface area (Å²) in [5, 5.41) is 0. The van der Waals surface area contributed by atoms with Crippen LogP contribution in [-0.4, -0.2) is 21.2 Å². The van der Waals surface area contributed by atoms with Crippen LogP contribution < -0.4 is 0 Å². The third-order valence-corrected chi connectivity index (χ3v) is 1.83. The molecule has 1 atom stereocenters. The number of rotatable bonds is 1. The molecule has 0 saturated heterocycles. The van der Waals surface area contributed by atoms with Crippen LogP contribution in [0.5, 0.6) is 0 Å². The van der Waals surface area contributed by atoms with Gasteiger partial charge in [-0.3, -0.25) is 9.59 Å². The Balaban J connectivity index is 2.60. The Morgan fingerprint density at radius 2 is 2.33 bits per heavy atom. The van der Waals surface area contributed by atoms with Gasteiger partial charge in [0.1, 0.15) is 0 Å². The van der Waals surface area contributed by atoms with E-state index < -0.39 is 0 Å². The standard InChI is InChI=1S/C7H10O2/c1-5(8)6-3-2-4-7(6)9/h6H,2-4H2,1H3/p+2. The van der Waals surface area contributed by atoms with Gasteiger partial charge in [-0.1, -0.05) is 0 Å². The molecule has 1 unspecified atom stereocenters. The minimum atomic E-state index is -0.0231. The molecule has 0 spiro atoms. The Kier molecular flexibility index (Phi) is 1.65. The summed E-state index contributed by atoms with van der Waals surface area (Å²) in [5.74, 6) is 0.782. The van der Waals surface area contributed by atoms with Crippen LogP contribution in [-0.2, 0) is 0 Å². The second kappa shape index (κ2) is 2.29. The molecule has 1 aliphatic carbocycles. The van der Waals surface area contributed by atoms with Crippen molar-refractivity contribution in [2.75, 3.05) is 0 Å². The highest BCUT2D eigenvalue weighted by molar-refractivity contribution is 6.03. The van der Waals surface area contributed by atoms with Crippen LogP contribution in [0.1, 0.15) is 26.2 Å². The average Bonchev–Trinajstić information content (AvgIpc) is 2.13. The van der Waals surface area contributed by atoms with E-state index in [9.17, 15) is 0 Å². The van der Waals surface area contributed by atoms with E-state index in [1.807, 2.05) is 0 Å². The van der Waals surface area contributed by atoms with E-state index in [2.05, 4.69) is 0 Å². The molecule has 0 aromatic heterocycles. The Morgan fingerprint density at radius 3 is 2.56 bits per heavy atom. The van der Waals surface area contributed by atoms with Crippen LogP contribution in [0.4, 0.5) is 0 Å². The Bertz CT molecular complexity index is 149. The predicted molar refractivity (Wildman–Crippen MR) is 36.9 cm³/mol. The first-order chi connectivity index (χ1) is 4.22. The van der Waals surface area contributed by atoms with Crippen LogP contribution >= 0.6 is 0 Å². The molecule has 2 nitrogen and oxygen atoms in total. The summed E-state index contributed by atoms with van der Waals surface area (Å²) in [5.41, 5.74) is 0. The van der Waals surface area contributed by atoms with Gasteiger partial charge in [-0.05, 0) is 12.8 Å². The summed E-state index contributed by atoms with van der Waals surface area (Å²) in [7, 11) is 0. The maximum atomic E-state index is 9.10. The summed E-state index contributed by atoms with van der Waals surface area (Å²) >= 11 is 0. The SMILES string of the molecule is CC(=[OH+])C1CCCC1=[OH+]. The molecule has 0 heterocycles. The average molecular weight is 128 g/mol. The maximum Gasteiger partial charge on any atom is 0.309 e. The van der Waals surface area contributed by atoms with Crippen LogP contribution in [0.2, 0.25) is 0 Å². The van der Waals surface area contributed by atoms with Gasteiger partial charge in [0, 0.05) is 6.92 Å². The molecule has 2 heteroatoms. The first kappa shape index (κ1) is 6.46. The van der Waals surface area contributed by atoms with Crippen LogP contribution in [0, 0.1) is 5.92 Å². The van der Waals surface area contributed by atoms with Crippen molar-refractivity contribution in [3.05, 3.63) is 0 Å². The van der Waals surface area contributed by atoms with Crippen molar-refractivity contribution >= 4 is 11.6 Å². The highest BCUT2D eigenvalue weighted by Gasteiger charge is 2.37. The zero-order chi connectivity index (χ0) is 6.85. The lowest BCUT2D eigenvalue weighted by Crippen LogP contribution is -2.15. The van der Waals surface area contributed by atoms with Crippen molar-refractivity contribution in [2.24, 2.45) is 5.92 Å². The third-order valence-electron chi connectivity index (χ3n) is 1.83. The molecule has 1 saturated carbocycles. The van der Waals surface area contributed by atoms with Crippen molar-refractivity contribution in [3.63, 3.8) is 0 Å². The molecule has 0 radical (unpaired) electrons. The maximum absolute atomic E-state index is 9.10. The van der Waals surface area contributed by atoms with Gasteiger partial charge in [-0.2, -0.15) is 0 Å². The normalized spacial score (nSPS) is 26.8.